The summed E-state index contributed by atoms with van der Waals surface area (Å²) in [6.45, 7) is 9.98. The van der Waals surface area contributed by atoms with Crippen LogP contribution in [-0.2, 0) is 6.54 Å². The lowest BCUT2D eigenvalue weighted by Crippen LogP contribution is -2.24. The van der Waals surface area contributed by atoms with Crippen LogP contribution in [0.2, 0.25) is 0 Å². The number of hydrogen-bond donors (Lipinski definition) is 1. The van der Waals surface area contributed by atoms with Gasteiger partial charge in [-0.15, -0.1) is 11.3 Å². The minimum atomic E-state index is 0.550. The van der Waals surface area contributed by atoms with Crippen molar-refractivity contribution >= 4 is 16.5 Å². The Bertz CT molecular complexity index is 381. The van der Waals surface area contributed by atoms with E-state index in [1.165, 1.54) is 0 Å². The molecule has 0 bridgehead atoms. The number of nitriles is 1. The Kier molecular flexibility index (Phi) is 6.69. The van der Waals surface area contributed by atoms with Gasteiger partial charge in [-0.2, -0.15) is 5.26 Å². The summed E-state index contributed by atoms with van der Waals surface area (Å²) in [4.78, 5) is 6.76. The largest absolute Gasteiger partial charge is 0.347 e. The number of rotatable bonds is 8. The summed E-state index contributed by atoms with van der Waals surface area (Å²) in [5.41, 5.74) is 1.09. The van der Waals surface area contributed by atoms with Crippen molar-refractivity contribution in [3.05, 3.63) is 11.1 Å². The number of aromatic nitrogens is 1. The zero-order valence-corrected chi connectivity index (χ0v) is 12.3. The highest BCUT2D eigenvalue weighted by Crippen LogP contribution is 2.20. The molecule has 1 rings (SSSR count). The monoisotopic (exact) mass is 266 g/mol. The molecule has 0 aromatic carbocycles. The van der Waals surface area contributed by atoms with Crippen molar-refractivity contribution in [2.75, 3.05) is 24.5 Å². The smallest absolute Gasteiger partial charge is 0.185 e. The Balaban J connectivity index is 2.48. The van der Waals surface area contributed by atoms with Crippen molar-refractivity contribution in [1.82, 2.24) is 10.3 Å². The highest BCUT2D eigenvalue weighted by molar-refractivity contribution is 7.13. The first-order valence-electron chi connectivity index (χ1n) is 6.44. The third kappa shape index (κ3) is 5.03. The molecule has 0 atom stereocenters. The molecule has 0 radical (unpaired) electrons. The van der Waals surface area contributed by atoms with Crippen molar-refractivity contribution in [3.8, 4) is 6.07 Å². The number of nitrogens with zero attached hydrogens (tertiary/aromatic N) is 3. The second kappa shape index (κ2) is 8.06. The predicted octanol–water partition coefficient (Wildman–Crippen LogP) is 2.63. The van der Waals surface area contributed by atoms with Crippen molar-refractivity contribution in [2.45, 2.75) is 33.7 Å². The van der Waals surface area contributed by atoms with E-state index in [1.807, 2.05) is 0 Å². The van der Waals surface area contributed by atoms with Crippen molar-refractivity contribution in [2.24, 2.45) is 5.92 Å². The molecule has 0 saturated carbocycles. The van der Waals surface area contributed by atoms with Gasteiger partial charge in [-0.25, -0.2) is 4.98 Å². The molecule has 0 aliphatic rings. The molecular formula is C13H22N4S. The third-order valence-corrected chi connectivity index (χ3v) is 3.49. The van der Waals surface area contributed by atoms with Crippen LogP contribution in [-0.4, -0.2) is 24.6 Å². The Morgan fingerprint density at radius 2 is 2.33 bits per heavy atom. The quantitative estimate of drug-likeness (QED) is 0.786. The maximum atomic E-state index is 8.63. The molecule has 0 fully saturated rings. The van der Waals surface area contributed by atoms with Crippen molar-refractivity contribution < 1.29 is 0 Å². The van der Waals surface area contributed by atoms with Gasteiger partial charge in [-0.05, 0) is 19.4 Å². The van der Waals surface area contributed by atoms with Gasteiger partial charge in [0.15, 0.2) is 5.13 Å². The topological polar surface area (TPSA) is 52.0 Å². The van der Waals surface area contributed by atoms with Crippen LogP contribution in [0.3, 0.4) is 0 Å². The van der Waals surface area contributed by atoms with Crippen LogP contribution < -0.4 is 10.2 Å². The van der Waals surface area contributed by atoms with E-state index in [-0.39, 0.29) is 0 Å². The Labute approximate surface area is 114 Å². The first-order valence-corrected chi connectivity index (χ1v) is 7.32. The van der Waals surface area contributed by atoms with Gasteiger partial charge in [0.25, 0.3) is 0 Å². The minimum absolute atomic E-state index is 0.550. The number of hydrogen-bond acceptors (Lipinski definition) is 5. The van der Waals surface area contributed by atoms with E-state index < -0.39 is 0 Å². The fraction of sp³-hybridized carbons (Fsp3) is 0.692. The summed E-state index contributed by atoms with van der Waals surface area (Å²) in [6.07, 6.45) is 0.550. The van der Waals surface area contributed by atoms with E-state index in [1.54, 1.807) is 11.3 Å². The Morgan fingerprint density at radius 3 is 2.94 bits per heavy atom. The van der Waals surface area contributed by atoms with Crippen LogP contribution >= 0.6 is 11.3 Å². The maximum Gasteiger partial charge on any atom is 0.185 e. The molecule has 1 heterocycles. The summed E-state index contributed by atoms with van der Waals surface area (Å²) in [5.74, 6) is 0.658. The molecule has 18 heavy (non-hydrogen) atoms. The van der Waals surface area contributed by atoms with Gasteiger partial charge in [0, 0.05) is 25.0 Å². The minimum Gasteiger partial charge on any atom is -0.347 e. The van der Waals surface area contributed by atoms with Crippen LogP contribution in [0.5, 0.6) is 0 Å². The molecule has 0 aliphatic carbocycles. The molecule has 0 aliphatic heterocycles. The molecule has 0 saturated heterocycles. The summed E-state index contributed by atoms with van der Waals surface area (Å²) >= 11 is 1.66. The Morgan fingerprint density at radius 1 is 1.56 bits per heavy atom. The van der Waals surface area contributed by atoms with Gasteiger partial charge in [-0.3, -0.25) is 0 Å². The average Bonchev–Trinajstić information content (AvgIpc) is 2.78. The molecule has 1 N–H and O–H groups in total. The summed E-state index contributed by atoms with van der Waals surface area (Å²) < 4.78 is 0. The lowest BCUT2D eigenvalue weighted by Gasteiger charge is -2.17. The maximum absolute atomic E-state index is 8.63. The standard InChI is InChI=1S/C13H22N4S/c1-4-17(7-5-6-14)13-16-12(10-18-13)9-15-8-11(2)3/h10-11,15H,4-5,7-9H2,1-3H3. The van der Waals surface area contributed by atoms with Gasteiger partial charge in [-0.1, -0.05) is 13.8 Å². The number of thiazole rings is 1. The van der Waals surface area contributed by atoms with E-state index in [2.05, 4.69) is 47.4 Å². The van der Waals surface area contributed by atoms with E-state index in [9.17, 15) is 0 Å². The molecule has 0 spiro atoms. The van der Waals surface area contributed by atoms with E-state index in [0.29, 0.717) is 12.3 Å². The fourth-order valence-electron chi connectivity index (χ4n) is 1.59. The lowest BCUT2D eigenvalue weighted by atomic mass is 10.2. The zero-order valence-electron chi connectivity index (χ0n) is 11.4. The molecule has 0 unspecified atom stereocenters. The second-order valence-electron chi connectivity index (χ2n) is 4.63. The highest BCUT2D eigenvalue weighted by atomic mass is 32.1. The molecule has 5 heteroatoms. The zero-order chi connectivity index (χ0) is 13.4. The van der Waals surface area contributed by atoms with Crippen LogP contribution in [0, 0.1) is 17.2 Å². The second-order valence-corrected chi connectivity index (χ2v) is 5.47. The molecule has 1 aromatic heterocycles. The molecule has 0 amide bonds. The summed E-state index contributed by atoms with van der Waals surface area (Å²) in [5, 5.41) is 15.1. The highest BCUT2D eigenvalue weighted by Gasteiger charge is 2.09. The first-order chi connectivity index (χ1) is 8.67. The summed E-state index contributed by atoms with van der Waals surface area (Å²) in [7, 11) is 0. The predicted molar refractivity (Wildman–Crippen MR) is 76.8 cm³/mol. The van der Waals surface area contributed by atoms with Gasteiger partial charge in [0.2, 0.25) is 0 Å². The average molecular weight is 266 g/mol. The Hall–Kier alpha value is -1.12. The molecular weight excluding hydrogens is 244 g/mol. The lowest BCUT2D eigenvalue weighted by molar-refractivity contribution is 0.549. The van der Waals surface area contributed by atoms with E-state index >= 15 is 0 Å². The fourth-order valence-corrected chi connectivity index (χ4v) is 2.50. The molecule has 4 nitrogen and oxygen atoms in total. The van der Waals surface area contributed by atoms with Crippen molar-refractivity contribution in [3.63, 3.8) is 0 Å². The van der Waals surface area contributed by atoms with Crippen LogP contribution in [0.15, 0.2) is 5.38 Å². The number of anilines is 1. The van der Waals surface area contributed by atoms with Crippen molar-refractivity contribution in [1.29, 1.82) is 5.26 Å². The van der Waals surface area contributed by atoms with Gasteiger partial charge >= 0.3 is 0 Å². The van der Waals surface area contributed by atoms with E-state index in [0.717, 1.165) is 37.0 Å². The van der Waals surface area contributed by atoms with Gasteiger partial charge in [0.05, 0.1) is 18.2 Å². The molecule has 100 valence electrons. The van der Waals surface area contributed by atoms with Crippen LogP contribution in [0.1, 0.15) is 32.9 Å². The van der Waals surface area contributed by atoms with E-state index in [4.69, 9.17) is 5.26 Å². The van der Waals surface area contributed by atoms with Gasteiger partial charge in [0.1, 0.15) is 0 Å². The van der Waals surface area contributed by atoms with Crippen LogP contribution in [0.4, 0.5) is 5.13 Å². The van der Waals surface area contributed by atoms with Crippen LogP contribution in [0.25, 0.3) is 0 Å². The third-order valence-electron chi connectivity index (χ3n) is 2.54. The normalized spacial score (nSPS) is 10.6. The first kappa shape index (κ1) is 14.9. The summed E-state index contributed by atoms with van der Waals surface area (Å²) in [6, 6.07) is 2.18. The SMILES string of the molecule is CCN(CCC#N)c1nc(CNCC(C)C)cs1. The molecule has 1 aromatic rings. The van der Waals surface area contributed by atoms with Gasteiger partial charge < -0.3 is 10.2 Å². The number of nitrogens with one attached hydrogen (secondary N) is 1.